The molecule has 0 unspecified atom stereocenters. The summed E-state index contributed by atoms with van der Waals surface area (Å²) in [6.07, 6.45) is 0. The van der Waals surface area contributed by atoms with Crippen molar-refractivity contribution in [3.63, 3.8) is 0 Å². The molecule has 0 fully saturated rings. The Balaban J connectivity index is 2.38. The van der Waals surface area contributed by atoms with Gasteiger partial charge in [-0.05, 0) is 40.2 Å². The van der Waals surface area contributed by atoms with Crippen molar-refractivity contribution in [1.29, 1.82) is 5.26 Å². The molecular weight excluding hydrogens is 395 g/mol. The third kappa shape index (κ3) is 4.41. The van der Waals surface area contributed by atoms with Crippen molar-refractivity contribution in [2.24, 2.45) is 0 Å². The maximum Gasteiger partial charge on any atom is 0.288 e. The first-order chi connectivity index (χ1) is 10.9. The maximum absolute atomic E-state index is 13.4. The molecule has 0 spiro atoms. The molecule has 0 saturated carbocycles. The molecule has 2 rings (SSSR count). The number of nitrogens with zero attached hydrogens (tertiary/aromatic N) is 1. The number of ether oxygens (including phenoxy) is 1. The van der Waals surface area contributed by atoms with E-state index in [-0.39, 0.29) is 32.0 Å². The predicted molar refractivity (Wildman–Crippen MR) is 83.1 cm³/mol. The van der Waals surface area contributed by atoms with E-state index < -0.39 is 18.2 Å². The minimum atomic E-state index is -2.62. The zero-order chi connectivity index (χ0) is 17.0. The molecule has 3 nitrogen and oxygen atoms in total. The van der Waals surface area contributed by atoms with Crippen molar-refractivity contribution < 1.29 is 23.0 Å². The summed E-state index contributed by atoms with van der Waals surface area (Å²) in [5, 5.41) is 18.2. The molecule has 23 heavy (non-hydrogen) atoms. The Morgan fingerprint density at radius 3 is 2.65 bits per heavy atom. The van der Waals surface area contributed by atoms with Crippen molar-refractivity contribution >= 4 is 27.7 Å². The van der Waals surface area contributed by atoms with Crippen LogP contribution in [0.1, 0.15) is 11.1 Å². The lowest BCUT2D eigenvalue weighted by Gasteiger charge is -2.14. The Kier molecular flexibility index (Phi) is 5.93. The highest BCUT2D eigenvalue weighted by Crippen LogP contribution is 2.39. The molecule has 0 aliphatic heterocycles. The maximum atomic E-state index is 13.4. The highest BCUT2D eigenvalue weighted by Gasteiger charge is 2.16. The molecule has 0 aliphatic rings. The van der Waals surface area contributed by atoms with Gasteiger partial charge in [-0.2, -0.15) is 14.0 Å². The van der Waals surface area contributed by atoms with Gasteiger partial charge in [0.15, 0.2) is 0 Å². The number of rotatable bonds is 5. The Labute approximate surface area is 142 Å². The molecule has 0 heterocycles. The standard InChI is InChI=1S/C15H9BrF3NO2S/c16-14-11(7-21)13(23-15(18)19)2-1-12(14)22-10-4-8(6-20)3-9(17)5-10/h1-5,15,21H,7H2. The van der Waals surface area contributed by atoms with Gasteiger partial charge in [-0.25, -0.2) is 4.39 Å². The van der Waals surface area contributed by atoms with Crippen LogP contribution < -0.4 is 4.74 Å². The number of aliphatic hydroxyl groups excluding tert-OH is 1. The minimum Gasteiger partial charge on any atom is -0.456 e. The van der Waals surface area contributed by atoms with Crippen LogP contribution in [0.4, 0.5) is 13.2 Å². The molecule has 2 aromatic carbocycles. The van der Waals surface area contributed by atoms with Crippen molar-refractivity contribution in [3.8, 4) is 17.6 Å². The smallest absolute Gasteiger partial charge is 0.288 e. The molecule has 1 N–H and O–H groups in total. The molecule has 0 aliphatic carbocycles. The molecule has 8 heteroatoms. The zero-order valence-electron chi connectivity index (χ0n) is 11.4. The Hall–Kier alpha value is -1.69. The second kappa shape index (κ2) is 7.73. The lowest BCUT2D eigenvalue weighted by molar-refractivity contribution is 0.251. The van der Waals surface area contributed by atoms with Crippen LogP contribution in [0.3, 0.4) is 0 Å². The van der Waals surface area contributed by atoms with Crippen LogP contribution in [0, 0.1) is 17.1 Å². The van der Waals surface area contributed by atoms with E-state index in [9.17, 15) is 18.3 Å². The summed E-state index contributed by atoms with van der Waals surface area (Å²) in [6.45, 7) is -0.473. The van der Waals surface area contributed by atoms with Crippen LogP contribution in [0.5, 0.6) is 11.5 Å². The first-order valence-corrected chi connectivity index (χ1v) is 7.87. The quantitative estimate of drug-likeness (QED) is 0.708. The Morgan fingerprint density at radius 1 is 1.30 bits per heavy atom. The number of benzene rings is 2. The lowest BCUT2D eigenvalue weighted by atomic mass is 10.2. The molecule has 0 atom stereocenters. The van der Waals surface area contributed by atoms with Gasteiger partial charge in [0.25, 0.3) is 5.76 Å². The second-order valence-corrected chi connectivity index (χ2v) is 6.11. The van der Waals surface area contributed by atoms with E-state index in [1.165, 1.54) is 18.2 Å². The number of halogens is 4. The number of hydrogen-bond donors (Lipinski definition) is 1. The fraction of sp³-hybridized carbons (Fsp3) is 0.133. The second-order valence-electron chi connectivity index (χ2n) is 4.28. The van der Waals surface area contributed by atoms with E-state index >= 15 is 0 Å². The third-order valence-corrected chi connectivity index (χ3v) is 4.45. The molecule has 2 aromatic rings. The molecule has 0 amide bonds. The first kappa shape index (κ1) is 17.7. The number of alkyl halides is 2. The van der Waals surface area contributed by atoms with Gasteiger partial charge in [0, 0.05) is 16.5 Å². The van der Waals surface area contributed by atoms with Crippen LogP contribution in [0.2, 0.25) is 0 Å². The van der Waals surface area contributed by atoms with Gasteiger partial charge in [-0.3, -0.25) is 0 Å². The molecule has 0 radical (unpaired) electrons. The number of aliphatic hydroxyl groups is 1. The van der Waals surface area contributed by atoms with Crippen molar-refractivity contribution in [3.05, 3.63) is 51.7 Å². The summed E-state index contributed by atoms with van der Waals surface area (Å²) in [4.78, 5) is 0.207. The van der Waals surface area contributed by atoms with E-state index in [1.807, 2.05) is 0 Å². The van der Waals surface area contributed by atoms with E-state index in [1.54, 1.807) is 6.07 Å². The molecular formula is C15H9BrF3NO2S. The largest absolute Gasteiger partial charge is 0.456 e. The lowest BCUT2D eigenvalue weighted by Crippen LogP contribution is -1.96. The normalized spacial score (nSPS) is 10.7. The van der Waals surface area contributed by atoms with Crippen LogP contribution in [0.15, 0.2) is 39.7 Å². The third-order valence-electron chi connectivity index (χ3n) is 2.77. The number of hydrogen-bond acceptors (Lipinski definition) is 4. The van der Waals surface area contributed by atoms with Crippen LogP contribution in [-0.2, 0) is 6.61 Å². The summed E-state index contributed by atoms with van der Waals surface area (Å²) < 4.78 is 44.2. The summed E-state index contributed by atoms with van der Waals surface area (Å²) >= 11 is 3.50. The average molecular weight is 404 g/mol. The van der Waals surface area contributed by atoms with E-state index in [0.29, 0.717) is 11.8 Å². The van der Waals surface area contributed by atoms with Gasteiger partial charge in [0.2, 0.25) is 0 Å². The van der Waals surface area contributed by atoms with Crippen molar-refractivity contribution in [2.45, 2.75) is 17.3 Å². The number of nitriles is 1. The summed E-state index contributed by atoms with van der Waals surface area (Å²) in [7, 11) is 0. The van der Waals surface area contributed by atoms with E-state index in [0.717, 1.165) is 12.1 Å². The van der Waals surface area contributed by atoms with Gasteiger partial charge < -0.3 is 9.84 Å². The zero-order valence-corrected chi connectivity index (χ0v) is 13.8. The van der Waals surface area contributed by atoms with Gasteiger partial charge >= 0.3 is 0 Å². The fourth-order valence-electron chi connectivity index (χ4n) is 1.83. The van der Waals surface area contributed by atoms with E-state index in [2.05, 4.69) is 15.9 Å². The van der Waals surface area contributed by atoms with Gasteiger partial charge in [-0.1, -0.05) is 11.8 Å². The molecule has 120 valence electrons. The Bertz CT molecular complexity index is 765. The minimum absolute atomic E-state index is 0.0837. The topological polar surface area (TPSA) is 53.2 Å². The predicted octanol–water partition coefficient (Wildman–Crippen LogP) is 5.06. The average Bonchev–Trinajstić information content (AvgIpc) is 2.49. The van der Waals surface area contributed by atoms with Crippen LogP contribution >= 0.6 is 27.7 Å². The fourth-order valence-corrected chi connectivity index (χ4v) is 3.16. The highest BCUT2D eigenvalue weighted by molar-refractivity contribution is 9.10. The summed E-state index contributed by atoms with van der Waals surface area (Å²) in [5.41, 5.74) is 0.327. The summed E-state index contributed by atoms with van der Waals surface area (Å²) in [6, 6.07) is 8.10. The number of thioether (sulfide) groups is 1. The SMILES string of the molecule is N#Cc1cc(F)cc(Oc2ccc(SC(F)F)c(CO)c2Br)c1. The van der Waals surface area contributed by atoms with Crippen LogP contribution in [0.25, 0.3) is 0 Å². The Morgan fingerprint density at radius 2 is 2.04 bits per heavy atom. The van der Waals surface area contributed by atoms with E-state index in [4.69, 9.17) is 10.00 Å². The van der Waals surface area contributed by atoms with Crippen molar-refractivity contribution in [1.82, 2.24) is 0 Å². The van der Waals surface area contributed by atoms with Gasteiger partial charge in [0.1, 0.15) is 17.3 Å². The van der Waals surface area contributed by atoms with Gasteiger partial charge in [0.05, 0.1) is 22.7 Å². The molecule has 0 aromatic heterocycles. The van der Waals surface area contributed by atoms with Crippen LogP contribution in [-0.4, -0.2) is 10.9 Å². The van der Waals surface area contributed by atoms with Crippen molar-refractivity contribution in [2.75, 3.05) is 0 Å². The molecule has 0 bridgehead atoms. The molecule has 0 saturated heterocycles. The van der Waals surface area contributed by atoms with Gasteiger partial charge in [-0.15, -0.1) is 0 Å². The summed E-state index contributed by atoms with van der Waals surface area (Å²) in [5.74, 6) is -2.97. The monoisotopic (exact) mass is 403 g/mol. The highest BCUT2D eigenvalue weighted by atomic mass is 79.9. The first-order valence-electron chi connectivity index (χ1n) is 6.20.